The zero-order valence-corrected chi connectivity index (χ0v) is 25.7. The quantitative estimate of drug-likeness (QED) is 0.199. The van der Waals surface area contributed by atoms with Crippen LogP contribution in [0.5, 0.6) is 5.75 Å². The Bertz CT molecular complexity index is 1550. The van der Waals surface area contributed by atoms with E-state index in [2.05, 4.69) is 5.32 Å². The summed E-state index contributed by atoms with van der Waals surface area (Å²) in [7, 11) is 1.55. The Hall–Kier alpha value is -4.17. The molecule has 0 aliphatic heterocycles. The molecule has 1 aromatic heterocycles. The van der Waals surface area contributed by atoms with Crippen molar-refractivity contribution < 1.29 is 24.2 Å². The Balaban J connectivity index is 1.56. The highest BCUT2D eigenvalue weighted by Gasteiger charge is 2.31. The first-order valence-corrected chi connectivity index (χ1v) is 14.8. The number of amides is 2. The molecular formula is C34H38N2O5S. The number of fused-ring (bicyclic) bond motifs is 1. The number of anilines is 2. The molecule has 0 radical (unpaired) electrons. The number of hydrogen-bond donors (Lipinski definition) is 2. The topological polar surface area (TPSA) is 95.9 Å². The van der Waals surface area contributed by atoms with Crippen LogP contribution in [-0.4, -0.2) is 36.5 Å². The summed E-state index contributed by atoms with van der Waals surface area (Å²) in [5.41, 5.74) is 1.95. The molecule has 0 spiro atoms. The van der Waals surface area contributed by atoms with Gasteiger partial charge in [-0.25, -0.2) is 0 Å². The van der Waals surface area contributed by atoms with Crippen LogP contribution in [0.25, 0.3) is 10.1 Å². The number of carbonyl (C=O) groups excluding carboxylic acids is 2. The summed E-state index contributed by atoms with van der Waals surface area (Å²) in [5, 5.41) is 14.2. The van der Waals surface area contributed by atoms with Crippen molar-refractivity contribution in [3.05, 3.63) is 88.8 Å². The minimum absolute atomic E-state index is 0.0631. The number of rotatable bonds is 10. The number of methoxy groups -OCH3 is 1. The molecule has 0 saturated carbocycles. The van der Waals surface area contributed by atoms with Gasteiger partial charge >= 0.3 is 5.97 Å². The SMILES string of the molecule is COc1ccc(C(Cc2ccc(NC(=O)c3cc4ccccc4s3)cc2)C(=O)O)cc1N(CC(C)C)C(=O)C(C)(C)C. The van der Waals surface area contributed by atoms with Crippen molar-refractivity contribution >= 4 is 50.6 Å². The molecule has 2 amide bonds. The number of thiophene rings is 1. The van der Waals surface area contributed by atoms with E-state index >= 15 is 0 Å². The number of carboxylic acids is 1. The normalized spacial score (nSPS) is 12.3. The summed E-state index contributed by atoms with van der Waals surface area (Å²) in [6, 6.07) is 22.2. The highest BCUT2D eigenvalue weighted by Crippen LogP contribution is 2.36. The summed E-state index contributed by atoms with van der Waals surface area (Å²) in [4.78, 5) is 41.1. The van der Waals surface area contributed by atoms with Gasteiger partial charge in [0.05, 0.1) is 23.6 Å². The third-order valence-electron chi connectivity index (χ3n) is 6.93. The lowest BCUT2D eigenvalue weighted by Gasteiger charge is -2.32. The minimum atomic E-state index is -0.967. The van der Waals surface area contributed by atoms with E-state index in [-0.39, 0.29) is 24.2 Å². The molecule has 4 rings (SSSR count). The zero-order chi connectivity index (χ0) is 30.6. The second-order valence-electron chi connectivity index (χ2n) is 11.9. The highest BCUT2D eigenvalue weighted by atomic mass is 32.1. The Morgan fingerprint density at radius 2 is 1.67 bits per heavy atom. The van der Waals surface area contributed by atoms with Gasteiger partial charge in [-0.3, -0.25) is 14.4 Å². The van der Waals surface area contributed by atoms with Crippen LogP contribution in [0.4, 0.5) is 11.4 Å². The van der Waals surface area contributed by atoms with E-state index in [0.29, 0.717) is 34.1 Å². The lowest BCUT2D eigenvalue weighted by atomic mass is 9.90. The van der Waals surface area contributed by atoms with E-state index in [9.17, 15) is 19.5 Å². The molecule has 8 heteroatoms. The average molecular weight is 587 g/mol. The van der Waals surface area contributed by atoms with Gasteiger partial charge in [0.1, 0.15) is 5.75 Å². The molecular weight excluding hydrogens is 548 g/mol. The third kappa shape index (κ3) is 7.18. The second-order valence-corrected chi connectivity index (χ2v) is 13.0. The predicted octanol–water partition coefficient (Wildman–Crippen LogP) is 7.61. The summed E-state index contributed by atoms with van der Waals surface area (Å²) < 4.78 is 6.65. The summed E-state index contributed by atoms with van der Waals surface area (Å²) in [5.74, 6) is -1.36. The van der Waals surface area contributed by atoms with Gasteiger partial charge in [-0.1, -0.05) is 71.0 Å². The first-order valence-electron chi connectivity index (χ1n) is 14.0. The predicted molar refractivity (Wildman–Crippen MR) is 170 cm³/mol. The van der Waals surface area contributed by atoms with Gasteiger partial charge in [-0.05, 0) is 65.3 Å². The molecule has 42 heavy (non-hydrogen) atoms. The van der Waals surface area contributed by atoms with Crippen LogP contribution in [0.2, 0.25) is 0 Å². The monoisotopic (exact) mass is 586 g/mol. The lowest BCUT2D eigenvalue weighted by Crippen LogP contribution is -2.42. The number of carboxylic acid groups (broad SMARTS) is 1. The number of benzene rings is 3. The zero-order valence-electron chi connectivity index (χ0n) is 24.9. The molecule has 1 atom stereocenters. The number of nitrogens with zero attached hydrogens (tertiary/aromatic N) is 1. The minimum Gasteiger partial charge on any atom is -0.495 e. The highest BCUT2D eigenvalue weighted by molar-refractivity contribution is 7.20. The largest absolute Gasteiger partial charge is 0.495 e. The standard InChI is InChI=1S/C34H38N2O5S/c1-21(2)20-36(33(40)34(3,4)5)27-18-23(13-16-28(27)41-6)26(32(38)39)17-22-11-14-25(15-12-22)35-31(37)30-19-24-9-7-8-10-29(24)42-30/h7-16,18-19,21,26H,17,20H2,1-6H3,(H,35,37)(H,38,39). The van der Waals surface area contributed by atoms with Crippen LogP contribution in [0.3, 0.4) is 0 Å². The Kier molecular flexibility index (Phi) is 9.36. The molecule has 3 aromatic carbocycles. The molecule has 4 aromatic rings. The van der Waals surface area contributed by atoms with Crippen LogP contribution < -0.4 is 15.0 Å². The number of hydrogen-bond acceptors (Lipinski definition) is 5. The fourth-order valence-electron chi connectivity index (χ4n) is 4.79. The van der Waals surface area contributed by atoms with Crippen LogP contribution in [0.1, 0.15) is 61.3 Å². The Morgan fingerprint density at radius 1 is 0.976 bits per heavy atom. The number of aliphatic carboxylic acids is 1. The number of carbonyl (C=O) groups is 3. The van der Waals surface area contributed by atoms with Gasteiger partial charge in [0, 0.05) is 22.3 Å². The molecule has 1 unspecified atom stereocenters. The summed E-state index contributed by atoms with van der Waals surface area (Å²) in [6.45, 7) is 10.2. The Labute approximate surface area is 251 Å². The Morgan fingerprint density at radius 3 is 2.26 bits per heavy atom. The smallest absolute Gasteiger partial charge is 0.311 e. The molecule has 0 fully saturated rings. The first-order chi connectivity index (χ1) is 19.9. The van der Waals surface area contributed by atoms with Crippen molar-refractivity contribution in [2.45, 2.75) is 47.0 Å². The van der Waals surface area contributed by atoms with Crippen LogP contribution in [0, 0.1) is 11.3 Å². The average Bonchev–Trinajstić information content (AvgIpc) is 3.39. The second kappa shape index (κ2) is 12.8. The van der Waals surface area contributed by atoms with Gasteiger partial charge in [0.25, 0.3) is 5.91 Å². The van der Waals surface area contributed by atoms with Crippen molar-refractivity contribution in [2.24, 2.45) is 11.3 Å². The maximum absolute atomic E-state index is 13.4. The molecule has 2 N–H and O–H groups in total. The van der Waals surface area contributed by atoms with E-state index in [4.69, 9.17) is 4.74 Å². The van der Waals surface area contributed by atoms with Crippen LogP contribution in [0.15, 0.2) is 72.8 Å². The maximum Gasteiger partial charge on any atom is 0.311 e. The first kappa shape index (κ1) is 30.8. The van der Waals surface area contributed by atoms with Gasteiger partial charge in [0.15, 0.2) is 0 Å². The van der Waals surface area contributed by atoms with Crippen molar-refractivity contribution in [1.29, 1.82) is 0 Å². The third-order valence-corrected chi connectivity index (χ3v) is 8.04. The summed E-state index contributed by atoms with van der Waals surface area (Å²) >= 11 is 1.44. The van der Waals surface area contributed by atoms with Crippen LogP contribution >= 0.6 is 11.3 Å². The van der Waals surface area contributed by atoms with Gasteiger partial charge in [-0.15, -0.1) is 11.3 Å². The lowest BCUT2D eigenvalue weighted by molar-refractivity contribution is -0.138. The molecule has 7 nitrogen and oxygen atoms in total. The number of ether oxygens (including phenoxy) is 1. The summed E-state index contributed by atoms with van der Waals surface area (Å²) in [6.07, 6.45) is 0.239. The molecule has 0 aliphatic rings. The van der Waals surface area contributed by atoms with E-state index in [1.165, 1.54) is 11.3 Å². The van der Waals surface area contributed by atoms with Gasteiger partial charge in [-0.2, -0.15) is 0 Å². The molecule has 0 aliphatic carbocycles. The molecule has 0 bridgehead atoms. The number of nitrogens with one attached hydrogen (secondary N) is 1. The molecule has 220 valence electrons. The fraction of sp³-hybridized carbons (Fsp3) is 0.324. The fourth-order valence-corrected chi connectivity index (χ4v) is 5.75. The molecule has 0 saturated heterocycles. The van der Waals surface area contributed by atoms with Crippen molar-refractivity contribution in [2.75, 3.05) is 23.9 Å². The van der Waals surface area contributed by atoms with E-state index in [0.717, 1.165) is 15.6 Å². The van der Waals surface area contributed by atoms with Crippen molar-refractivity contribution in [1.82, 2.24) is 0 Å². The van der Waals surface area contributed by atoms with Crippen molar-refractivity contribution in [3.8, 4) is 5.75 Å². The maximum atomic E-state index is 13.4. The molecule has 1 heterocycles. The van der Waals surface area contributed by atoms with E-state index in [1.807, 2.05) is 77.1 Å². The van der Waals surface area contributed by atoms with Crippen LogP contribution in [-0.2, 0) is 16.0 Å². The van der Waals surface area contributed by atoms with Gasteiger partial charge in [0.2, 0.25) is 5.91 Å². The van der Waals surface area contributed by atoms with E-state index in [1.54, 1.807) is 42.3 Å². The van der Waals surface area contributed by atoms with E-state index < -0.39 is 17.3 Å². The van der Waals surface area contributed by atoms with Gasteiger partial charge < -0.3 is 20.1 Å². The van der Waals surface area contributed by atoms with Crippen molar-refractivity contribution in [3.63, 3.8) is 0 Å².